The smallest absolute Gasteiger partial charge is 0.195 e. The highest BCUT2D eigenvalue weighted by molar-refractivity contribution is 6.31. The van der Waals surface area contributed by atoms with Crippen LogP contribution in [0.3, 0.4) is 0 Å². The van der Waals surface area contributed by atoms with E-state index in [2.05, 4.69) is 55.4 Å². The number of rotatable bonds is 8. The minimum Gasteiger partial charge on any atom is -0.289 e. The van der Waals surface area contributed by atoms with E-state index in [1.54, 1.807) is 0 Å². The number of benzene rings is 2. The Kier molecular flexibility index (Phi) is 7.43. The molecule has 0 unspecified atom stereocenters. The van der Waals surface area contributed by atoms with Crippen molar-refractivity contribution in [3.05, 3.63) is 66.8 Å². The number of ketones is 2. The van der Waals surface area contributed by atoms with Crippen molar-refractivity contribution in [3.8, 4) is 0 Å². The summed E-state index contributed by atoms with van der Waals surface area (Å²) in [4.78, 5) is 28.7. The van der Waals surface area contributed by atoms with E-state index in [1.807, 2.05) is 0 Å². The van der Waals surface area contributed by atoms with Gasteiger partial charge in [0.2, 0.25) is 0 Å². The lowest BCUT2D eigenvalue weighted by molar-refractivity contribution is 0.0975. The normalized spacial score (nSPS) is 12.9. The first kappa shape index (κ1) is 24.4. The molecule has 2 aromatic carbocycles. The average Bonchev–Trinajstić information content (AvgIpc) is 2.82. The molecule has 32 heavy (non-hydrogen) atoms. The summed E-state index contributed by atoms with van der Waals surface area (Å²) in [6.45, 7) is 17.2. The predicted octanol–water partition coefficient (Wildman–Crippen LogP) is 6.96. The van der Waals surface area contributed by atoms with E-state index in [4.69, 9.17) is 0 Å². The van der Waals surface area contributed by atoms with Gasteiger partial charge in [-0.3, -0.25) is 9.59 Å². The highest BCUT2D eigenvalue weighted by atomic mass is 16.1. The largest absolute Gasteiger partial charge is 0.289 e. The molecule has 2 nitrogen and oxygen atoms in total. The van der Waals surface area contributed by atoms with E-state index in [9.17, 15) is 9.59 Å². The van der Waals surface area contributed by atoms with Crippen molar-refractivity contribution in [1.29, 1.82) is 0 Å². The molecule has 172 valence electrons. The van der Waals surface area contributed by atoms with Crippen LogP contribution in [0, 0.1) is 0 Å². The minimum atomic E-state index is 0.0995. The van der Waals surface area contributed by atoms with Gasteiger partial charge in [0.25, 0.3) is 0 Å². The molecule has 0 heterocycles. The fourth-order valence-electron chi connectivity index (χ4n) is 6.46. The summed E-state index contributed by atoms with van der Waals surface area (Å²) in [5.41, 5.74) is 12.5. The lowest BCUT2D eigenvalue weighted by atomic mass is 9.70. The van der Waals surface area contributed by atoms with Gasteiger partial charge in [0.1, 0.15) is 0 Å². The molecule has 3 rings (SSSR count). The highest BCUT2D eigenvalue weighted by Gasteiger charge is 2.39. The topological polar surface area (TPSA) is 34.1 Å². The van der Waals surface area contributed by atoms with Crippen LogP contribution in [0.4, 0.5) is 0 Å². The second kappa shape index (κ2) is 9.73. The van der Waals surface area contributed by atoms with Crippen molar-refractivity contribution in [2.75, 3.05) is 0 Å². The van der Waals surface area contributed by atoms with Crippen LogP contribution in [0.2, 0.25) is 0 Å². The Balaban J connectivity index is 2.59. The van der Waals surface area contributed by atoms with Crippen LogP contribution < -0.4 is 0 Å². The molecule has 0 radical (unpaired) electrons. The summed E-state index contributed by atoms with van der Waals surface area (Å²) in [5.74, 6) is 0.199. The van der Waals surface area contributed by atoms with Gasteiger partial charge in [0.05, 0.1) is 0 Å². The molecule has 2 heteroatoms. The van der Waals surface area contributed by atoms with Gasteiger partial charge in [-0.25, -0.2) is 0 Å². The molecule has 1 aliphatic carbocycles. The van der Waals surface area contributed by atoms with Gasteiger partial charge in [0, 0.05) is 22.3 Å². The van der Waals surface area contributed by atoms with Crippen LogP contribution in [0.1, 0.15) is 132 Å². The lowest BCUT2D eigenvalue weighted by Gasteiger charge is -2.32. The Labute approximate surface area is 194 Å². The molecule has 0 saturated carbocycles. The summed E-state index contributed by atoms with van der Waals surface area (Å²) >= 11 is 0. The van der Waals surface area contributed by atoms with E-state index in [0.717, 1.165) is 95.9 Å². The molecule has 0 atom stereocenters. The van der Waals surface area contributed by atoms with Gasteiger partial charge >= 0.3 is 0 Å². The standard InChI is InChI=1S/C30H40O2/c1-9-17-18(10-2)22(14-6)26-25(21(17)13-5)29(31)27-23(15-7)19(11-3)20(12-4)24(16-8)28(27)30(26)32/h9-16H2,1-8H3. The molecule has 0 fully saturated rings. The van der Waals surface area contributed by atoms with Crippen LogP contribution in [0.5, 0.6) is 0 Å². The molecule has 0 N–H and O–H groups in total. The molecule has 0 aliphatic heterocycles. The number of carbonyl (C=O) groups excluding carboxylic acids is 2. The monoisotopic (exact) mass is 432 g/mol. The van der Waals surface area contributed by atoms with Crippen LogP contribution in [0.15, 0.2) is 0 Å². The maximum atomic E-state index is 14.3. The fraction of sp³-hybridized carbons (Fsp3) is 0.533. The van der Waals surface area contributed by atoms with E-state index >= 15 is 0 Å². The summed E-state index contributed by atoms with van der Waals surface area (Å²) in [6.07, 6.45) is 6.74. The summed E-state index contributed by atoms with van der Waals surface area (Å²) in [6, 6.07) is 0. The van der Waals surface area contributed by atoms with Crippen LogP contribution in [-0.4, -0.2) is 11.6 Å². The van der Waals surface area contributed by atoms with Crippen molar-refractivity contribution in [1.82, 2.24) is 0 Å². The molecule has 0 saturated heterocycles. The molecule has 1 aliphatic rings. The summed E-state index contributed by atoms with van der Waals surface area (Å²) in [5, 5.41) is 0. The summed E-state index contributed by atoms with van der Waals surface area (Å²) < 4.78 is 0. The second-order valence-electron chi connectivity index (χ2n) is 8.82. The zero-order valence-corrected chi connectivity index (χ0v) is 21.5. The molecule has 0 aromatic heterocycles. The maximum Gasteiger partial charge on any atom is 0.195 e. The van der Waals surface area contributed by atoms with E-state index in [0.29, 0.717) is 0 Å². The first-order valence-electron chi connectivity index (χ1n) is 12.9. The van der Waals surface area contributed by atoms with Gasteiger partial charge < -0.3 is 0 Å². The van der Waals surface area contributed by atoms with Crippen molar-refractivity contribution < 1.29 is 9.59 Å². The Morgan fingerprint density at radius 3 is 0.594 bits per heavy atom. The SMILES string of the molecule is CCc1c(CC)c(CC)c2c(c1CC)C(=O)c1c(CC)c(CC)c(CC)c(CC)c1C2=O. The number of carbonyl (C=O) groups is 2. The predicted molar refractivity (Wildman–Crippen MR) is 135 cm³/mol. The molecular formula is C30H40O2. The zero-order chi connectivity index (χ0) is 23.7. The fourth-order valence-corrected chi connectivity index (χ4v) is 6.46. The third kappa shape index (κ3) is 3.29. The zero-order valence-electron chi connectivity index (χ0n) is 21.5. The van der Waals surface area contributed by atoms with Gasteiger partial charge in [-0.05, 0) is 95.9 Å². The van der Waals surface area contributed by atoms with Crippen molar-refractivity contribution in [3.63, 3.8) is 0 Å². The lowest BCUT2D eigenvalue weighted by Crippen LogP contribution is -2.30. The summed E-state index contributed by atoms with van der Waals surface area (Å²) in [7, 11) is 0. The van der Waals surface area contributed by atoms with E-state index in [1.165, 1.54) is 22.3 Å². The Morgan fingerprint density at radius 2 is 0.469 bits per heavy atom. The molecule has 2 aromatic rings. The first-order valence-corrected chi connectivity index (χ1v) is 12.9. The molecular weight excluding hydrogens is 392 g/mol. The maximum absolute atomic E-state index is 14.3. The van der Waals surface area contributed by atoms with Crippen molar-refractivity contribution in [2.24, 2.45) is 0 Å². The van der Waals surface area contributed by atoms with Crippen LogP contribution in [-0.2, 0) is 51.4 Å². The van der Waals surface area contributed by atoms with Crippen LogP contribution >= 0.6 is 0 Å². The van der Waals surface area contributed by atoms with Crippen molar-refractivity contribution in [2.45, 2.75) is 107 Å². The van der Waals surface area contributed by atoms with Crippen LogP contribution in [0.25, 0.3) is 0 Å². The number of hydrogen-bond donors (Lipinski definition) is 0. The number of hydrogen-bond acceptors (Lipinski definition) is 2. The van der Waals surface area contributed by atoms with Gasteiger partial charge in [-0.1, -0.05) is 55.4 Å². The quantitative estimate of drug-likeness (QED) is 0.385. The number of fused-ring (bicyclic) bond motifs is 2. The third-order valence-corrected chi connectivity index (χ3v) is 7.63. The van der Waals surface area contributed by atoms with E-state index in [-0.39, 0.29) is 11.6 Å². The molecule has 0 amide bonds. The highest BCUT2D eigenvalue weighted by Crippen LogP contribution is 2.42. The molecule has 0 bridgehead atoms. The Hall–Kier alpha value is -2.22. The molecule has 0 spiro atoms. The van der Waals surface area contributed by atoms with Gasteiger partial charge in [0.15, 0.2) is 11.6 Å². The minimum absolute atomic E-state index is 0.0995. The van der Waals surface area contributed by atoms with Crippen molar-refractivity contribution >= 4 is 11.6 Å². The average molecular weight is 433 g/mol. The van der Waals surface area contributed by atoms with E-state index < -0.39 is 0 Å². The van der Waals surface area contributed by atoms with Gasteiger partial charge in [-0.15, -0.1) is 0 Å². The Morgan fingerprint density at radius 1 is 0.312 bits per heavy atom. The third-order valence-electron chi connectivity index (χ3n) is 7.63. The Bertz CT molecular complexity index is 916. The first-order chi connectivity index (χ1) is 15.4. The van der Waals surface area contributed by atoms with Gasteiger partial charge in [-0.2, -0.15) is 0 Å². The second-order valence-corrected chi connectivity index (χ2v) is 8.82.